The molecular weight excluding hydrogens is 276 g/mol. The molecule has 0 radical (unpaired) electrons. The fourth-order valence-electron chi connectivity index (χ4n) is 1.93. The number of H-pyrrole nitrogens is 1. The van der Waals surface area contributed by atoms with E-state index in [1.54, 1.807) is 10.6 Å². The summed E-state index contributed by atoms with van der Waals surface area (Å²) >= 11 is 1.34. The third-order valence-corrected chi connectivity index (χ3v) is 3.96. The minimum atomic E-state index is -0.196. The second-order valence-corrected chi connectivity index (χ2v) is 5.82. The molecule has 1 aliphatic rings. The highest BCUT2D eigenvalue weighted by molar-refractivity contribution is 7.99. The third-order valence-electron chi connectivity index (χ3n) is 3.05. The van der Waals surface area contributed by atoms with Crippen molar-refractivity contribution in [3.05, 3.63) is 22.4 Å². The molecule has 1 saturated carbocycles. The molecular formula is C12H16N6OS. The summed E-state index contributed by atoms with van der Waals surface area (Å²) in [5.41, 5.74) is 5.62. The predicted octanol–water partition coefficient (Wildman–Crippen LogP) is 1.38. The Morgan fingerprint density at radius 3 is 3.00 bits per heavy atom. The van der Waals surface area contributed by atoms with Crippen molar-refractivity contribution in [2.75, 3.05) is 5.73 Å². The largest absolute Gasteiger partial charge is 0.384 e. The summed E-state index contributed by atoms with van der Waals surface area (Å²) in [5, 5.41) is 7.85. The highest BCUT2D eigenvalue weighted by atomic mass is 32.2. The quantitative estimate of drug-likeness (QED) is 0.807. The van der Waals surface area contributed by atoms with Crippen LogP contribution in [-0.4, -0.2) is 24.7 Å². The van der Waals surface area contributed by atoms with Crippen molar-refractivity contribution in [2.45, 2.75) is 48.8 Å². The molecule has 106 valence electrons. The maximum Gasteiger partial charge on any atom is 0.343 e. The Labute approximate surface area is 120 Å². The Bertz CT molecular complexity index is 675. The number of rotatable bonds is 5. The van der Waals surface area contributed by atoms with Crippen LogP contribution in [0.25, 0.3) is 0 Å². The average Bonchev–Trinajstić information content (AvgIpc) is 3.20. The van der Waals surface area contributed by atoms with Crippen LogP contribution in [0.2, 0.25) is 0 Å². The summed E-state index contributed by atoms with van der Waals surface area (Å²) in [5.74, 6) is 1.70. The van der Waals surface area contributed by atoms with Gasteiger partial charge >= 0.3 is 5.69 Å². The summed E-state index contributed by atoms with van der Waals surface area (Å²) in [4.78, 5) is 20.4. The average molecular weight is 292 g/mol. The van der Waals surface area contributed by atoms with E-state index in [9.17, 15) is 4.79 Å². The van der Waals surface area contributed by atoms with E-state index in [4.69, 9.17) is 5.73 Å². The molecule has 0 spiro atoms. The van der Waals surface area contributed by atoms with Crippen LogP contribution in [0.3, 0.4) is 0 Å². The van der Waals surface area contributed by atoms with Crippen LogP contribution in [-0.2, 0) is 6.54 Å². The number of nitrogens with one attached hydrogen (secondary N) is 1. The standard InChI is InChI=1S/C12H16N6OS/c1-2-5-18-11(19)16-17-12(18)20-9-6-8(13)14-10(15-9)7-3-4-7/h6-7H,2-5H2,1H3,(H,16,19)(H2,13,14,15). The number of hydrogen-bond donors (Lipinski definition) is 2. The van der Waals surface area contributed by atoms with Gasteiger partial charge in [-0.3, -0.25) is 4.57 Å². The topological polar surface area (TPSA) is 102 Å². The van der Waals surface area contributed by atoms with Crippen molar-refractivity contribution in [1.29, 1.82) is 0 Å². The van der Waals surface area contributed by atoms with Crippen LogP contribution in [0.1, 0.15) is 37.9 Å². The van der Waals surface area contributed by atoms with E-state index >= 15 is 0 Å². The molecule has 0 aromatic carbocycles. The lowest BCUT2D eigenvalue weighted by Crippen LogP contribution is -2.17. The van der Waals surface area contributed by atoms with Gasteiger partial charge in [0.1, 0.15) is 16.7 Å². The van der Waals surface area contributed by atoms with E-state index < -0.39 is 0 Å². The van der Waals surface area contributed by atoms with Crippen LogP contribution in [0.4, 0.5) is 5.82 Å². The minimum absolute atomic E-state index is 0.196. The molecule has 0 saturated heterocycles. The monoisotopic (exact) mass is 292 g/mol. The molecule has 2 heterocycles. The van der Waals surface area contributed by atoms with Crippen LogP contribution < -0.4 is 11.4 Å². The summed E-state index contributed by atoms with van der Waals surface area (Å²) in [6.07, 6.45) is 3.11. The zero-order valence-corrected chi connectivity index (χ0v) is 12.0. The van der Waals surface area contributed by atoms with Gasteiger partial charge < -0.3 is 5.73 Å². The first-order chi connectivity index (χ1) is 9.67. The third kappa shape index (κ3) is 2.69. The van der Waals surface area contributed by atoms with Crippen molar-refractivity contribution >= 4 is 17.6 Å². The molecule has 3 rings (SSSR count). The number of nitrogens with two attached hydrogens (primary N) is 1. The lowest BCUT2D eigenvalue weighted by Gasteiger charge is -2.05. The zero-order chi connectivity index (χ0) is 14.1. The highest BCUT2D eigenvalue weighted by Gasteiger charge is 2.27. The Balaban J connectivity index is 1.89. The second kappa shape index (κ2) is 5.28. The van der Waals surface area contributed by atoms with Gasteiger partial charge in [-0.15, -0.1) is 5.10 Å². The van der Waals surface area contributed by atoms with Gasteiger partial charge in [0.05, 0.1) is 0 Å². The number of nitrogen functional groups attached to an aromatic ring is 1. The van der Waals surface area contributed by atoms with Crippen molar-refractivity contribution in [2.24, 2.45) is 0 Å². The number of anilines is 1. The Morgan fingerprint density at radius 2 is 2.30 bits per heavy atom. The van der Waals surface area contributed by atoms with Gasteiger partial charge in [0.25, 0.3) is 0 Å². The van der Waals surface area contributed by atoms with E-state index in [1.165, 1.54) is 11.8 Å². The van der Waals surface area contributed by atoms with Crippen molar-refractivity contribution in [3.63, 3.8) is 0 Å². The first-order valence-corrected chi connectivity index (χ1v) is 7.46. The summed E-state index contributed by atoms with van der Waals surface area (Å²) in [7, 11) is 0. The van der Waals surface area contributed by atoms with Crippen LogP contribution in [0, 0.1) is 0 Å². The van der Waals surface area contributed by atoms with Gasteiger partial charge in [-0.1, -0.05) is 6.92 Å². The van der Waals surface area contributed by atoms with Gasteiger partial charge in [-0.25, -0.2) is 19.9 Å². The molecule has 0 bridgehead atoms. The second-order valence-electron chi connectivity index (χ2n) is 4.83. The van der Waals surface area contributed by atoms with E-state index in [0.29, 0.717) is 23.4 Å². The van der Waals surface area contributed by atoms with Gasteiger partial charge in [0.15, 0.2) is 5.16 Å². The molecule has 0 amide bonds. The molecule has 7 nitrogen and oxygen atoms in total. The minimum Gasteiger partial charge on any atom is -0.384 e. The first-order valence-electron chi connectivity index (χ1n) is 6.65. The SMILES string of the molecule is CCCn1c(Sc2cc(N)nc(C3CC3)n2)n[nH]c1=O. The lowest BCUT2D eigenvalue weighted by molar-refractivity contribution is 0.603. The first kappa shape index (κ1) is 13.2. The molecule has 0 unspecified atom stereocenters. The lowest BCUT2D eigenvalue weighted by atomic mass is 10.4. The summed E-state index contributed by atoms with van der Waals surface area (Å²) in [6.45, 7) is 2.65. The summed E-state index contributed by atoms with van der Waals surface area (Å²) in [6, 6.07) is 1.71. The van der Waals surface area contributed by atoms with Crippen molar-refractivity contribution in [1.82, 2.24) is 24.7 Å². The van der Waals surface area contributed by atoms with E-state index in [0.717, 1.165) is 30.1 Å². The van der Waals surface area contributed by atoms with Crippen LogP contribution in [0.15, 0.2) is 21.0 Å². The van der Waals surface area contributed by atoms with Gasteiger partial charge in [0, 0.05) is 18.5 Å². The van der Waals surface area contributed by atoms with Gasteiger partial charge in [-0.2, -0.15) is 0 Å². The van der Waals surface area contributed by atoms with Gasteiger partial charge in [0.2, 0.25) is 0 Å². The Hall–Kier alpha value is -1.83. The predicted molar refractivity (Wildman–Crippen MR) is 75.7 cm³/mol. The Kier molecular flexibility index (Phi) is 3.47. The molecule has 2 aromatic heterocycles. The Morgan fingerprint density at radius 1 is 1.50 bits per heavy atom. The molecule has 1 fully saturated rings. The number of aromatic nitrogens is 5. The molecule has 1 aliphatic carbocycles. The molecule has 20 heavy (non-hydrogen) atoms. The number of hydrogen-bond acceptors (Lipinski definition) is 6. The molecule has 0 atom stereocenters. The molecule has 8 heteroatoms. The maximum absolute atomic E-state index is 11.6. The van der Waals surface area contributed by atoms with Gasteiger partial charge in [-0.05, 0) is 31.0 Å². The van der Waals surface area contributed by atoms with Crippen LogP contribution >= 0.6 is 11.8 Å². The fraction of sp³-hybridized carbons (Fsp3) is 0.500. The smallest absolute Gasteiger partial charge is 0.343 e. The van der Waals surface area contributed by atoms with E-state index in [1.807, 2.05) is 6.92 Å². The van der Waals surface area contributed by atoms with Crippen molar-refractivity contribution in [3.8, 4) is 0 Å². The molecule has 3 N–H and O–H groups in total. The van der Waals surface area contributed by atoms with Crippen molar-refractivity contribution < 1.29 is 0 Å². The maximum atomic E-state index is 11.6. The van der Waals surface area contributed by atoms with E-state index in [-0.39, 0.29) is 5.69 Å². The molecule has 0 aliphatic heterocycles. The fourth-order valence-corrected chi connectivity index (χ4v) is 2.81. The molecule has 2 aromatic rings. The van der Waals surface area contributed by atoms with E-state index in [2.05, 4.69) is 20.2 Å². The number of nitrogens with zero attached hydrogens (tertiary/aromatic N) is 4. The number of aromatic amines is 1. The van der Waals surface area contributed by atoms with Crippen LogP contribution in [0.5, 0.6) is 0 Å². The zero-order valence-electron chi connectivity index (χ0n) is 11.2. The normalized spacial score (nSPS) is 14.7. The summed E-state index contributed by atoms with van der Waals surface area (Å²) < 4.78 is 1.61. The highest BCUT2D eigenvalue weighted by Crippen LogP contribution is 2.39.